The number of nitrogens with zero attached hydrogens (tertiary/aromatic N) is 2. The molecule has 2 N–H and O–H groups in total. The molecule has 0 bridgehead atoms. The molecule has 2 heterocycles. The number of rotatable bonds is 1. The predicted molar refractivity (Wildman–Crippen MR) is 52.8 cm³/mol. The highest BCUT2D eigenvalue weighted by Crippen LogP contribution is 2.29. The van der Waals surface area contributed by atoms with Crippen molar-refractivity contribution in [3.8, 4) is 0 Å². The van der Waals surface area contributed by atoms with E-state index in [1.54, 1.807) is 19.1 Å². The zero-order valence-corrected chi connectivity index (χ0v) is 8.49. The summed E-state index contributed by atoms with van der Waals surface area (Å²) in [6.45, 7) is 1.71. The molecule has 0 aromatic carbocycles. The molecule has 0 aliphatic rings. The molecule has 1 unspecified atom stereocenters. The lowest BCUT2D eigenvalue weighted by Crippen LogP contribution is -2.12. The van der Waals surface area contributed by atoms with E-state index in [-0.39, 0.29) is 6.04 Å². The first-order valence-corrected chi connectivity index (χ1v) is 4.69. The average Bonchev–Trinajstić information content (AvgIpc) is 2.58. The third kappa shape index (κ3) is 1.76. The van der Waals surface area contributed by atoms with Gasteiger partial charge in [-0.1, -0.05) is 6.07 Å². The van der Waals surface area contributed by atoms with Gasteiger partial charge in [-0.3, -0.25) is 4.40 Å². The number of alkyl halides is 3. The van der Waals surface area contributed by atoms with Crippen LogP contribution in [-0.4, -0.2) is 9.38 Å². The van der Waals surface area contributed by atoms with Crippen LogP contribution >= 0.6 is 0 Å². The summed E-state index contributed by atoms with van der Waals surface area (Å²) < 4.78 is 38.7. The van der Waals surface area contributed by atoms with E-state index in [9.17, 15) is 13.2 Å². The molecule has 3 nitrogen and oxygen atoms in total. The van der Waals surface area contributed by atoms with Gasteiger partial charge < -0.3 is 5.73 Å². The zero-order valence-electron chi connectivity index (χ0n) is 8.49. The van der Waals surface area contributed by atoms with Crippen molar-refractivity contribution in [1.82, 2.24) is 9.38 Å². The van der Waals surface area contributed by atoms with Crippen molar-refractivity contribution in [3.63, 3.8) is 0 Å². The highest BCUT2D eigenvalue weighted by molar-refractivity contribution is 5.47. The topological polar surface area (TPSA) is 43.3 Å². The molecule has 0 saturated carbocycles. The van der Waals surface area contributed by atoms with Crippen molar-refractivity contribution in [3.05, 3.63) is 35.9 Å². The molecule has 16 heavy (non-hydrogen) atoms. The molecule has 0 fully saturated rings. The van der Waals surface area contributed by atoms with Gasteiger partial charge >= 0.3 is 6.18 Å². The Hall–Kier alpha value is -1.56. The van der Waals surface area contributed by atoms with Crippen LogP contribution in [0.3, 0.4) is 0 Å². The van der Waals surface area contributed by atoms with E-state index in [2.05, 4.69) is 4.98 Å². The van der Waals surface area contributed by atoms with Crippen molar-refractivity contribution >= 4 is 5.52 Å². The van der Waals surface area contributed by atoms with Gasteiger partial charge in [0, 0.05) is 12.2 Å². The molecule has 2 aromatic rings. The fraction of sp³-hybridized carbons (Fsp3) is 0.300. The minimum absolute atomic E-state index is 0.312. The normalized spacial score (nSPS) is 14.3. The number of hydrogen-bond donors (Lipinski definition) is 1. The summed E-state index contributed by atoms with van der Waals surface area (Å²) in [5.41, 5.74) is 6.65. The Kier molecular flexibility index (Phi) is 2.38. The van der Waals surface area contributed by atoms with E-state index >= 15 is 0 Å². The third-order valence-electron chi connectivity index (χ3n) is 2.33. The number of nitrogens with two attached hydrogens (primary N) is 1. The number of imidazole rings is 1. The molecule has 1 atom stereocenters. The highest BCUT2D eigenvalue weighted by Gasteiger charge is 2.35. The fourth-order valence-corrected chi connectivity index (χ4v) is 1.49. The monoisotopic (exact) mass is 229 g/mol. The molecule has 86 valence electrons. The van der Waals surface area contributed by atoms with Gasteiger partial charge in [-0.2, -0.15) is 13.2 Å². The van der Waals surface area contributed by atoms with Crippen molar-refractivity contribution in [2.75, 3.05) is 0 Å². The summed E-state index contributed by atoms with van der Waals surface area (Å²) in [5, 5.41) is 0. The summed E-state index contributed by atoms with van der Waals surface area (Å²) in [6.07, 6.45) is -1.90. The van der Waals surface area contributed by atoms with Crippen molar-refractivity contribution in [2.24, 2.45) is 5.73 Å². The van der Waals surface area contributed by atoms with Gasteiger partial charge in [0.15, 0.2) is 0 Å². The lowest BCUT2D eigenvalue weighted by molar-refractivity contribution is -0.145. The van der Waals surface area contributed by atoms with Crippen LogP contribution in [0.5, 0.6) is 0 Å². The maximum Gasteiger partial charge on any atom is 0.450 e. The van der Waals surface area contributed by atoms with Gasteiger partial charge in [-0.05, 0) is 18.6 Å². The molecule has 0 aliphatic carbocycles. The molecule has 0 aliphatic heterocycles. The quantitative estimate of drug-likeness (QED) is 0.815. The van der Waals surface area contributed by atoms with E-state index in [1.807, 2.05) is 0 Å². The van der Waals surface area contributed by atoms with Crippen molar-refractivity contribution in [1.29, 1.82) is 0 Å². The summed E-state index contributed by atoms with van der Waals surface area (Å²) in [4.78, 5) is 3.36. The maximum atomic E-state index is 12.6. The number of fused-ring (bicyclic) bond motifs is 1. The fourth-order valence-electron chi connectivity index (χ4n) is 1.49. The van der Waals surface area contributed by atoms with Crippen LogP contribution in [0.2, 0.25) is 0 Å². The zero-order chi connectivity index (χ0) is 11.9. The molecule has 0 amide bonds. The number of hydrogen-bond acceptors (Lipinski definition) is 2. The van der Waals surface area contributed by atoms with Crippen molar-refractivity contribution < 1.29 is 13.2 Å². The van der Waals surface area contributed by atoms with Gasteiger partial charge in [-0.15, -0.1) is 0 Å². The lowest BCUT2D eigenvalue weighted by Gasteiger charge is -2.09. The second-order valence-electron chi connectivity index (χ2n) is 3.63. The summed E-state index contributed by atoms with van der Waals surface area (Å²) >= 11 is 0. The van der Waals surface area contributed by atoms with Crippen molar-refractivity contribution in [2.45, 2.75) is 19.1 Å². The van der Waals surface area contributed by atoms with Crippen LogP contribution in [0.25, 0.3) is 5.52 Å². The average molecular weight is 229 g/mol. The van der Waals surface area contributed by atoms with E-state index < -0.39 is 12.0 Å². The third-order valence-corrected chi connectivity index (χ3v) is 2.33. The molecule has 0 radical (unpaired) electrons. The number of pyridine rings is 1. The van der Waals surface area contributed by atoms with E-state index in [0.29, 0.717) is 11.1 Å². The Morgan fingerprint density at radius 2 is 2.06 bits per heavy atom. The highest BCUT2D eigenvalue weighted by atomic mass is 19.4. The molecule has 2 rings (SSSR count). The smallest absolute Gasteiger partial charge is 0.324 e. The van der Waals surface area contributed by atoms with E-state index in [1.165, 1.54) is 12.4 Å². The van der Waals surface area contributed by atoms with Crippen LogP contribution < -0.4 is 5.73 Å². The van der Waals surface area contributed by atoms with Gasteiger partial charge in [0.2, 0.25) is 5.82 Å². The summed E-state index contributed by atoms with van der Waals surface area (Å²) in [7, 11) is 0. The second-order valence-corrected chi connectivity index (χ2v) is 3.63. The van der Waals surface area contributed by atoms with Crippen LogP contribution in [0.15, 0.2) is 24.5 Å². The largest absolute Gasteiger partial charge is 0.450 e. The number of halogens is 3. The minimum Gasteiger partial charge on any atom is -0.324 e. The van der Waals surface area contributed by atoms with Crippen LogP contribution in [-0.2, 0) is 6.18 Å². The Bertz CT molecular complexity index is 513. The SMILES string of the molecule is CC(N)c1ccc2cnc(C(F)(F)F)n2c1. The van der Waals surface area contributed by atoms with Crippen LogP contribution in [0.1, 0.15) is 24.4 Å². The predicted octanol–water partition coefficient (Wildman–Crippen LogP) is 2.37. The van der Waals surface area contributed by atoms with Crippen LogP contribution in [0.4, 0.5) is 13.2 Å². The Labute approximate surface area is 89.7 Å². The van der Waals surface area contributed by atoms with Crippen LogP contribution in [0, 0.1) is 0 Å². The molecule has 6 heteroatoms. The second kappa shape index (κ2) is 3.48. The van der Waals surface area contributed by atoms with Gasteiger partial charge in [0.25, 0.3) is 0 Å². The number of aromatic nitrogens is 2. The first kappa shape index (κ1) is 10.9. The molecule has 0 saturated heterocycles. The van der Waals surface area contributed by atoms with E-state index in [4.69, 9.17) is 5.73 Å². The van der Waals surface area contributed by atoms with E-state index in [0.717, 1.165) is 4.40 Å². The maximum absolute atomic E-state index is 12.6. The van der Waals surface area contributed by atoms with Gasteiger partial charge in [0.05, 0.1) is 11.7 Å². The first-order chi connectivity index (χ1) is 7.39. The standard InChI is InChI=1S/C10H10F3N3/c1-6(14)7-2-3-8-4-15-9(10(11,12)13)16(8)5-7/h2-6H,14H2,1H3. The molecular formula is C10H10F3N3. The molecule has 2 aromatic heterocycles. The molecule has 0 spiro atoms. The Morgan fingerprint density at radius 3 is 2.62 bits per heavy atom. The first-order valence-electron chi connectivity index (χ1n) is 4.69. The van der Waals surface area contributed by atoms with Gasteiger partial charge in [-0.25, -0.2) is 4.98 Å². The molecular weight excluding hydrogens is 219 g/mol. The van der Waals surface area contributed by atoms with Gasteiger partial charge in [0.1, 0.15) is 0 Å². The Balaban J connectivity index is 2.65. The summed E-state index contributed by atoms with van der Waals surface area (Å²) in [5.74, 6) is -0.926. The lowest BCUT2D eigenvalue weighted by atomic mass is 10.1. The summed E-state index contributed by atoms with van der Waals surface area (Å²) in [6, 6.07) is 2.95. The minimum atomic E-state index is -4.46. The Morgan fingerprint density at radius 1 is 1.38 bits per heavy atom.